The number of carbonyl (C=O) groups is 1. The van der Waals surface area contributed by atoms with Crippen molar-refractivity contribution in [3.8, 4) is 0 Å². The maximum absolute atomic E-state index is 13.6. The van der Waals surface area contributed by atoms with Crippen molar-refractivity contribution in [2.45, 2.75) is 20.0 Å². The summed E-state index contributed by atoms with van der Waals surface area (Å²) in [5.41, 5.74) is 3.26. The molecule has 2 N–H and O–H groups in total. The van der Waals surface area contributed by atoms with Gasteiger partial charge in [0.15, 0.2) is 0 Å². The molecule has 0 aromatic heterocycles. The van der Waals surface area contributed by atoms with Crippen molar-refractivity contribution in [3.05, 3.63) is 65.0 Å². The molecule has 0 atom stereocenters. The lowest BCUT2D eigenvalue weighted by atomic mass is 10.1. The number of urea groups is 1. The average molecular weight is 315 g/mol. The normalized spacial score (nSPS) is 10.7. The van der Waals surface area contributed by atoms with E-state index in [-0.39, 0.29) is 5.69 Å². The first-order valence-electron chi connectivity index (χ1n) is 7.47. The van der Waals surface area contributed by atoms with Crippen LogP contribution in [0.3, 0.4) is 0 Å². The van der Waals surface area contributed by atoms with Gasteiger partial charge in [-0.25, -0.2) is 9.18 Å². The van der Waals surface area contributed by atoms with Crippen LogP contribution in [0, 0.1) is 12.7 Å². The summed E-state index contributed by atoms with van der Waals surface area (Å²) < 4.78 is 13.6. The Bertz CT molecular complexity index is 686. The van der Waals surface area contributed by atoms with Gasteiger partial charge in [-0.15, -0.1) is 0 Å². The third-order valence-corrected chi connectivity index (χ3v) is 3.31. The molecular weight excluding hydrogens is 293 g/mol. The molecule has 0 aliphatic carbocycles. The number of carbonyl (C=O) groups excluding carboxylic acids is 1. The molecule has 2 rings (SSSR count). The zero-order valence-electron chi connectivity index (χ0n) is 13.7. The van der Waals surface area contributed by atoms with Gasteiger partial charge in [0.1, 0.15) is 5.82 Å². The first kappa shape index (κ1) is 17.0. The molecular formula is C18H22FN3O. The molecule has 5 heteroatoms. The van der Waals surface area contributed by atoms with Gasteiger partial charge in [-0.05, 0) is 49.8 Å². The van der Waals surface area contributed by atoms with Crippen molar-refractivity contribution >= 4 is 11.7 Å². The number of hydrogen-bond donors (Lipinski definition) is 2. The number of halogens is 1. The number of nitrogens with one attached hydrogen (secondary N) is 2. The fourth-order valence-corrected chi connectivity index (χ4v) is 2.29. The largest absolute Gasteiger partial charge is 0.334 e. The number of anilines is 1. The Morgan fingerprint density at radius 1 is 1.13 bits per heavy atom. The second-order valence-electron chi connectivity index (χ2n) is 5.85. The van der Waals surface area contributed by atoms with Crippen molar-refractivity contribution in [2.24, 2.45) is 0 Å². The van der Waals surface area contributed by atoms with E-state index in [9.17, 15) is 9.18 Å². The van der Waals surface area contributed by atoms with Gasteiger partial charge in [0.05, 0.1) is 5.69 Å². The maximum Gasteiger partial charge on any atom is 0.319 e. The lowest BCUT2D eigenvalue weighted by Crippen LogP contribution is -2.28. The summed E-state index contributed by atoms with van der Waals surface area (Å²) in [6.45, 7) is 3.08. The van der Waals surface area contributed by atoms with E-state index in [4.69, 9.17) is 0 Å². The molecule has 2 aromatic carbocycles. The Kier molecular flexibility index (Phi) is 5.71. The number of nitrogens with zero attached hydrogens (tertiary/aromatic N) is 1. The van der Waals surface area contributed by atoms with Gasteiger partial charge in [0, 0.05) is 13.1 Å². The minimum atomic E-state index is -0.446. The van der Waals surface area contributed by atoms with Crippen molar-refractivity contribution < 1.29 is 9.18 Å². The van der Waals surface area contributed by atoms with Crippen LogP contribution >= 0.6 is 0 Å². The van der Waals surface area contributed by atoms with Gasteiger partial charge < -0.3 is 15.5 Å². The second-order valence-corrected chi connectivity index (χ2v) is 5.85. The van der Waals surface area contributed by atoms with E-state index in [0.29, 0.717) is 6.54 Å². The fourth-order valence-electron chi connectivity index (χ4n) is 2.29. The molecule has 0 unspecified atom stereocenters. The first-order valence-corrected chi connectivity index (χ1v) is 7.47. The Hall–Kier alpha value is -2.40. The number of rotatable bonds is 5. The van der Waals surface area contributed by atoms with Crippen LogP contribution in [0.2, 0.25) is 0 Å². The summed E-state index contributed by atoms with van der Waals surface area (Å²) >= 11 is 0. The van der Waals surface area contributed by atoms with Crippen LogP contribution in [-0.4, -0.2) is 25.0 Å². The number of amides is 2. The molecule has 2 amide bonds. The summed E-state index contributed by atoms with van der Waals surface area (Å²) in [5.74, 6) is -0.446. The lowest BCUT2D eigenvalue weighted by molar-refractivity contribution is 0.251. The monoisotopic (exact) mass is 315 g/mol. The SMILES string of the molecule is Cc1ccc(F)c(NC(=O)NCc2cccc(CN(C)C)c2)c1. The van der Waals surface area contributed by atoms with Crippen LogP contribution in [0.25, 0.3) is 0 Å². The van der Waals surface area contributed by atoms with Crippen LogP contribution in [0.1, 0.15) is 16.7 Å². The highest BCUT2D eigenvalue weighted by atomic mass is 19.1. The number of aryl methyl sites for hydroxylation is 1. The van der Waals surface area contributed by atoms with Crippen LogP contribution in [0.15, 0.2) is 42.5 Å². The molecule has 2 aromatic rings. The molecule has 0 heterocycles. The van der Waals surface area contributed by atoms with Crippen molar-refractivity contribution in [1.29, 1.82) is 0 Å². The smallest absolute Gasteiger partial charge is 0.319 e. The van der Waals surface area contributed by atoms with E-state index < -0.39 is 11.8 Å². The fraction of sp³-hybridized carbons (Fsp3) is 0.278. The molecule has 0 bridgehead atoms. The summed E-state index contributed by atoms with van der Waals surface area (Å²) in [6, 6.07) is 12.2. The number of benzene rings is 2. The van der Waals surface area contributed by atoms with Gasteiger partial charge in [-0.3, -0.25) is 0 Å². The summed E-state index contributed by atoms with van der Waals surface area (Å²) in [6.07, 6.45) is 0. The zero-order valence-corrected chi connectivity index (χ0v) is 13.7. The Morgan fingerprint density at radius 2 is 1.87 bits per heavy atom. The molecule has 0 radical (unpaired) electrons. The zero-order chi connectivity index (χ0) is 16.8. The Balaban J connectivity index is 1.93. The van der Waals surface area contributed by atoms with E-state index in [1.807, 2.05) is 45.3 Å². The highest BCUT2D eigenvalue weighted by Gasteiger charge is 2.07. The predicted octanol–water partition coefficient (Wildman–Crippen LogP) is 3.52. The minimum Gasteiger partial charge on any atom is -0.334 e. The van der Waals surface area contributed by atoms with Crippen LogP contribution < -0.4 is 10.6 Å². The van der Waals surface area contributed by atoms with Gasteiger partial charge in [0.25, 0.3) is 0 Å². The topological polar surface area (TPSA) is 44.4 Å². The molecule has 0 saturated carbocycles. The molecule has 0 spiro atoms. The predicted molar refractivity (Wildman–Crippen MR) is 90.8 cm³/mol. The van der Waals surface area contributed by atoms with E-state index in [1.165, 1.54) is 11.6 Å². The second kappa shape index (κ2) is 7.74. The molecule has 23 heavy (non-hydrogen) atoms. The standard InChI is InChI=1S/C18H22FN3O/c1-13-7-8-16(19)17(9-13)21-18(23)20-11-14-5-4-6-15(10-14)12-22(2)3/h4-10H,11-12H2,1-3H3,(H2,20,21,23). The summed E-state index contributed by atoms with van der Waals surface area (Å²) in [5, 5.41) is 5.28. The van der Waals surface area contributed by atoms with Gasteiger partial charge >= 0.3 is 6.03 Å². The molecule has 0 fully saturated rings. The minimum absolute atomic E-state index is 0.184. The van der Waals surface area contributed by atoms with E-state index in [2.05, 4.69) is 15.5 Å². The molecule has 0 aliphatic rings. The van der Waals surface area contributed by atoms with E-state index in [1.54, 1.807) is 12.1 Å². The maximum atomic E-state index is 13.6. The van der Waals surface area contributed by atoms with Crippen LogP contribution in [-0.2, 0) is 13.1 Å². The van der Waals surface area contributed by atoms with Gasteiger partial charge in [-0.1, -0.05) is 30.3 Å². The third kappa shape index (κ3) is 5.38. The highest BCUT2D eigenvalue weighted by Crippen LogP contribution is 2.15. The van der Waals surface area contributed by atoms with Crippen molar-refractivity contribution in [3.63, 3.8) is 0 Å². The van der Waals surface area contributed by atoms with Gasteiger partial charge in [-0.2, -0.15) is 0 Å². The average Bonchev–Trinajstić information content (AvgIpc) is 2.49. The Labute approximate surface area is 136 Å². The van der Waals surface area contributed by atoms with Crippen LogP contribution in [0.5, 0.6) is 0 Å². The molecule has 122 valence electrons. The summed E-state index contributed by atoms with van der Waals surface area (Å²) in [7, 11) is 4.02. The quantitative estimate of drug-likeness (QED) is 0.887. The summed E-state index contributed by atoms with van der Waals surface area (Å²) in [4.78, 5) is 14.0. The van der Waals surface area contributed by atoms with Crippen molar-refractivity contribution in [1.82, 2.24) is 10.2 Å². The third-order valence-electron chi connectivity index (χ3n) is 3.31. The Morgan fingerprint density at radius 3 is 2.61 bits per heavy atom. The molecule has 0 saturated heterocycles. The number of hydrogen-bond acceptors (Lipinski definition) is 2. The van der Waals surface area contributed by atoms with Crippen molar-refractivity contribution in [2.75, 3.05) is 19.4 Å². The van der Waals surface area contributed by atoms with E-state index in [0.717, 1.165) is 17.7 Å². The van der Waals surface area contributed by atoms with Gasteiger partial charge in [0.2, 0.25) is 0 Å². The van der Waals surface area contributed by atoms with Crippen LogP contribution in [0.4, 0.5) is 14.9 Å². The van der Waals surface area contributed by atoms with E-state index >= 15 is 0 Å². The molecule has 0 aliphatic heterocycles. The lowest BCUT2D eigenvalue weighted by Gasteiger charge is -2.12. The first-order chi connectivity index (χ1) is 10.9. The highest BCUT2D eigenvalue weighted by molar-refractivity contribution is 5.89. The molecule has 4 nitrogen and oxygen atoms in total.